The van der Waals surface area contributed by atoms with Gasteiger partial charge in [-0.2, -0.15) is 0 Å². The van der Waals surface area contributed by atoms with Crippen LogP contribution in [0.5, 0.6) is 0 Å². The van der Waals surface area contributed by atoms with E-state index in [-0.39, 0.29) is 12.4 Å². The van der Waals surface area contributed by atoms with E-state index in [1.807, 2.05) is 0 Å². The van der Waals surface area contributed by atoms with E-state index in [0.717, 1.165) is 12.8 Å². The molecule has 20 heavy (non-hydrogen) atoms. The minimum atomic E-state index is -0.286. The summed E-state index contributed by atoms with van der Waals surface area (Å²) in [6, 6.07) is 0. The maximum absolute atomic E-state index is 10.9. The second-order valence-corrected chi connectivity index (χ2v) is 5.68. The zero-order chi connectivity index (χ0) is 14.9. The molecule has 2 nitrogen and oxygen atoms in total. The zero-order valence-electron chi connectivity index (χ0n) is 13.4. The van der Waals surface area contributed by atoms with E-state index in [4.69, 9.17) is 5.11 Å². The van der Waals surface area contributed by atoms with Crippen LogP contribution in [0.15, 0.2) is 12.2 Å². The summed E-state index contributed by atoms with van der Waals surface area (Å²) < 4.78 is 0. The van der Waals surface area contributed by atoms with Crippen LogP contribution in [0.4, 0.5) is 0 Å². The van der Waals surface area contributed by atoms with Crippen molar-refractivity contribution in [2.24, 2.45) is 0 Å². The van der Waals surface area contributed by atoms with Gasteiger partial charge in [0.15, 0.2) is 5.78 Å². The first-order valence-corrected chi connectivity index (χ1v) is 8.58. The molecule has 0 atom stereocenters. The van der Waals surface area contributed by atoms with Gasteiger partial charge in [-0.05, 0) is 32.1 Å². The van der Waals surface area contributed by atoms with E-state index in [1.54, 1.807) is 0 Å². The van der Waals surface area contributed by atoms with Gasteiger partial charge in [-0.3, -0.25) is 4.79 Å². The first-order valence-electron chi connectivity index (χ1n) is 8.58. The molecule has 0 spiro atoms. The average molecular weight is 282 g/mol. The minimum absolute atomic E-state index is 0.0178. The lowest BCUT2D eigenvalue weighted by molar-refractivity contribution is -0.121. The Kier molecular flexibility index (Phi) is 15.9. The Balaban J connectivity index is 3.07. The van der Waals surface area contributed by atoms with E-state index in [1.165, 1.54) is 64.2 Å². The molecule has 2 heteroatoms. The van der Waals surface area contributed by atoms with Crippen LogP contribution >= 0.6 is 0 Å². The molecular weight excluding hydrogens is 248 g/mol. The molecular formula is C18H34O2. The first kappa shape index (κ1) is 19.4. The van der Waals surface area contributed by atoms with Crippen molar-refractivity contribution in [3.63, 3.8) is 0 Å². The van der Waals surface area contributed by atoms with Crippen molar-refractivity contribution < 1.29 is 9.90 Å². The second kappa shape index (κ2) is 16.4. The van der Waals surface area contributed by atoms with Gasteiger partial charge in [0.2, 0.25) is 0 Å². The quantitative estimate of drug-likeness (QED) is 0.331. The highest BCUT2D eigenvalue weighted by Crippen LogP contribution is 2.10. The van der Waals surface area contributed by atoms with Crippen molar-refractivity contribution in [3.05, 3.63) is 12.2 Å². The summed E-state index contributed by atoms with van der Waals surface area (Å²) in [6.45, 7) is 1.96. The largest absolute Gasteiger partial charge is 0.389 e. The highest BCUT2D eigenvalue weighted by Gasteiger charge is 1.98. The Morgan fingerprint density at radius 3 is 1.85 bits per heavy atom. The van der Waals surface area contributed by atoms with Crippen LogP contribution < -0.4 is 0 Å². The predicted molar refractivity (Wildman–Crippen MR) is 86.9 cm³/mol. The van der Waals surface area contributed by atoms with E-state index in [2.05, 4.69) is 19.1 Å². The Morgan fingerprint density at radius 2 is 1.30 bits per heavy atom. The van der Waals surface area contributed by atoms with Crippen molar-refractivity contribution in [2.75, 3.05) is 6.61 Å². The SMILES string of the molecule is CCCCCC=CCCCCCCCCCC(=O)CO. The van der Waals surface area contributed by atoms with Gasteiger partial charge in [0.1, 0.15) is 6.61 Å². The van der Waals surface area contributed by atoms with Gasteiger partial charge in [-0.1, -0.05) is 64.0 Å². The van der Waals surface area contributed by atoms with Crippen molar-refractivity contribution in [3.8, 4) is 0 Å². The van der Waals surface area contributed by atoms with E-state index in [0.29, 0.717) is 6.42 Å². The molecule has 0 saturated carbocycles. The molecule has 118 valence electrons. The average Bonchev–Trinajstić information content (AvgIpc) is 2.47. The number of aliphatic hydroxyl groups excluding tert-OH is 1. The van der Waals surface area contributed by atoms with Crippen LogP contribution in [0.3, 0.4) is 0 Å². The van der Waals surface area contributed by atoms with Gasteiger partial charge in [0.25, 0.3) is 0 Å². The topological polar surface area (TPSA) is 37.3 Å². The summed E-state index contributed by atoms with van der Waals surface area (Å²) in [5.41, 5.74) is 0. The molecule has 0 amide bonds. The Hall–Kier alpha value is -0.630. The van der Waals surface area contributed by atoms with Crippen molar-refractivity contribution in [2.45, 2.75) is 90.4 Å². The lowest BCUT2D eigenvalue weighted by Gasteiger charge is -2.01. The molecule has 0 aliphatic carbocycles. The van der Waals surface area contributed by atoms with Crippen LogP contribution in [0.2, 0.25) is 0 Å². The molecule has 0 rings (SSSR count). The fourth-order valence-corrected chi connectivity index (χ4v) is 2.30. The summed E-state index contributed by atoms with van der Waals surface area (Å²) in [5, 5.41) is 8.58. The zero-order valence-corrected chi connectivity index (χ0v) is 13.4. The van der Waals surface area contributed by atoms with Crippen LogP contribution in [0.1, 0.15) is 90.4 Å². The van der Waals surface area contributed by atoms with Gasteiger partial charge in [0, 0.05) is 6.42 Å². The Labute approximate surface area is 125 Å². The Bertz CT molecular complexity index is 234. The fraction of sp³-hybridized carbons (Fsp3) is 0.833. The third-order valence-corrected chi connectivity index (χ3v) is 3.64. The summed E-state index contributed by atoms with van der Waals surface area (Å²) in [7, 11) is 0. The number of allylic oxidation sites excluding steroid dienone is 2. The molecule has 0 aromatic rings. The summed E-state index contributed by atoms with van der Waals surface area (Å²) in [5.74, 6) is -0.0178. The molecule has 0 unspecified atom stereocenters. The van der Waals surface area contributed by atoms with Crippen LogP contribution in [0, 0.1) is 0 Å². The molecule has 0 bridgehead atoms. The number of carbonyl (C=O) groups is 1. The molecule has 0 saturated heterocycles. The lowest BCUT2D eigenvalue weighted by atomic mass is 10.1. The number of ketones is 1. The van der Waals surface area contributed by atoms with Crippen LogP contribution in [-0.2, 0) is 4.79 Å². The number of hydrogen-bond donors (Lipinski definition) is 1. The third kappa shape index (κ3) is 15.4. The highest BCUT2D eigenvalue weighted by molar-refractivity contribution is 5.79. The molecule has 1 N–H and O–H groups in total. The molecule has 0 aliphatic rings. The smallest absolute Gasteiger partial charge is 0.158 e. The number of Topliss-reactive ketones (excluding diaryl/α,β-unsaturated/α-hetero) is 1. The van der Waals surface area contributed by atoms with E-state index in [9.17, 15) is 4.79 Å². The number of aliphatic hydroxyl groups is 1. The monoisotopic (exact) mass is 282 g/mol. The van der Waals surface area contributed by atoms with Gasteiger partial charge in [-0.25, -0.2) is 0 Å². The molecule has 0 heterocycles. The van der Waals surface area contributed by atoms with Crippen LogP contribution in [-0.4, -0.2) is 17.5 Å². The predicted octanol–water partition coefficient (Wildman–Crippen LogP) is 5.20. The second-order valence-electron chi connectivity index (χ2n) is 5.68. The molecule has 0 fully saturated rings. The first-order chi connectivity index (χ1) is 9.81. The van der Waals surface area contributed by atoms with Gasteiger partial charge in [-0.15, -0.1) is 0 Å². The fourth-order valence-electron chi connectivity index (χ4n) is 2.30. The Morgan fingerprint density at radius 1 is 0.800 bits per heavy atom. The minimum Gasteiger partial charge on any atom is -0.389 e. The molecule has 0 aliphatic heterocycles. The maximum Gasteiger partial charge on any atom is 0.158 e. The van der Waals surface area contributed by atoms with Crippen molar-refractivity contribution in [1.82, 2.24) is 0 Å². The molecule has 0 aromatic heterocycles. The standard InChI is InChI=1S/C18H34O2/c1-2-3-4-5-6-7-8-9-10-11-12-13-14-15-16-18(20)17-19/h6-7,19H,2-5,8-17H2,1H3. The van der Waals surface area contributed by atoms with Gasteiger partial charge >= 0.3 is 0 Å². The number of unbranched alkanes of at least 4 members (excludes halogenated alkanes) is 10. The third-order valence-electron chi connectivity index (χ3n) is 3.64. The lowest BCUT2D eigenvalue weighted by Crippen LogP contribution is -2.02. The highest BCUT2D eigenvalue weighted by atomic mass is 16.3. The van der Waals surface area contributed by atoms with Crippen LogP contribution in [0.25, 0.3) is 0 Å². The van der Waals surface area contributed by atoms with Gasteiger partial charge < -0.3 is 5.11 Å². The maximum atomic E-state index is 10.9. The molecule has 0 radical (unpaired) electrons. The summed E-state index contributed by atoms with van der Waals surface area (Å²) in [6.07, 6.45) is 20.3. The number of hydrogen-bond acceptors (Lipinski definition) is 2. The summed E-state index contributed by atoms with van der Waals surface area (Å²) in [4.78, 5) is 10.9. The van der Waals surface area contributed by atoms with Crippen molar-refractivity contribution >= 4 is 5.78 Å². The number of carbonyl (C=O) groups excluding carboxylic acids is 1. The van der Waals surface area contributed by atoms with Crippen molar-refractivity contribution in [1.29, 1.82) is 0 Å². The van der Waals surface area contributed by atoms with Gasteiger partial charge in [0.05, 0.1) is 0 Å². The van der Waals surface area contributed by atoms with E-state index < -0.39 is 0 Å². The summed E-state index contributed by atoms with van der Waals surface area (Å²) >= 11 is 0. The number of rotatable bonds is 15. The molecule has 0 aromatic carbocycles. The normalized spacial score (nSPS) is 11.3. The van der Waals surface area contributed by atoms with E-state index >= 15 is 0 Å².